The molecule has 0 aromatic heterocycles. The van der Waals surface area contributed by atoms with Crippen LogP contribution < -0.4 is 5.73 Å². The third-order valence-corrected chi connectivity index (χ3v) is 2.27. The number of rotatable bonds is 4. The lowest BCUT2D eigenvalue weighted by molar-refractivity contribution is 0.128. The van der Waals surface area contributed by atoms with Crippen LogP contribution in [0.2, 0.25) is 0 Å². The Hall–Kier alpha value is -0.830. The molecule has 0 aromatic carbocycles. The fourth-order valence-corrected chi connectivity index (χ4v) is 1.43. The summed E-state index contributed by atoms with van der Waals surface area (Å²) in [6.07, 6.45) is 3.97. The molecular formula is C8H15N3. The first-order chi connectivity index (χ1) is 5.31. The van der Waals surface area contributed by atoms with E-state index in [0.717, 1.165) is 19.4 Å². The van der Waals surface area contributed by atoms with Crippen molar-refractivity contribution >= 4 is 6.72 Å². The van der Waals surface area contributed by atoms with Gasteiger partial charge in [0.05, 0.1) is 6.04 Å². The van der Waals surface area contributed by atoms with Gasteiger partial charge in [0.1, 0.15) is 0 Å². The lowest BCUT2D eigenvalue weighted by Gasteiger charge is -2.39. The molecule has 0 atom stereocenters. The van der Waals surface area contributed by atoms with Crippen LogP contribution in [0.4, 0.5) is 0 Å². The van der Waals surface area contributed by atoms with Gasteiger partial charge < -0.3 is 5.73 Å². The number of hydrazone groups is 1. The first kappa shape index (κ1) is 8.27. The van der Waals surface area contributed by atoms with E-state index in [0.29, 0.717) is 12.0 Å². The maximum Gasteiger partial charge on any atom is 0.0525 e. The summed E-state index contributed by atoms with van der Waals surface area (Å²) in [7, 11) is 0. The normalized spacial score (nSPS) is 28.8. The number of nitrogens with zero attached hydrogens (tertiary/aromatic N) is 2. The predicted octanol–water partition coefficient (Wildman–Crippen LogP) is 0.785. The Morgan fingerprint density at radius 3 is 2.64 bits per heavy atom. The van der Waals surface area contributed by atoms with Gasteiger partial charge in [0, 0.05) is 12.9 Å². The van der Waals surface area contributed by atoms with Gasteiger partial charge in [0.25, 0.3) is 0 Å². The van der Waals surface area contributed by atoms with E-state index in [4.69, 9.17) is 5.73 Å². The lowest BCUT2D eigenvalue weighted by atomic mass is 9.80. The molecule has 0 saturated heterocycles. The zero-order valence-corrected chi connectivity index (χ0v) is 6.74. The number of hydrogen-bond acceptors (Lipinski definition) is 3. The Morgan fingerprint density at radius 1 is 1.64 bits per heavy atom. The SMILES string of the molecule is C=CN(N=C)C1CC(CN)C1. The molecule has 0 aliphatic heterocycles. The Balaban J connectivity index is 2.29. The maximum absolute atomic E-state index is 5.49. The van der Waals surface area contributed by atoms with Crippen molar-refractivity contribution in [2.45, 2.75) is 18.9 Å². The van der Waals surface area contributed by atoms with Crippen LogP contribution in [-0.2, 0) is 0 Å². The van der Waals surface area contributed by atoms with Crippen LogP contribution in [0.5, 0.6) is 0 Å². The first-order valence-corrected chi connectivity index (χ1v) is 3.89. The Kier molecular flexibility index (Phi) is 2.65. The summed E-state index contributed by atoms with van der Waals surface area (Å²) in [5, 5.41) is 5.63. The fourth-order valence-electron chi connectivity index (χ4n) is 1.43. The first-order valence-electron chi connectivity index (χ1n) is 3.89. The fraction of sp³-hybridized carbons (Fsp3) is 0.625. The minimum Gasteiger partial charge on any atom is -0.330 e. The van der Waals surface area contributed by atoms with E-state index in [-0.39, 0.29) is 0 Å². The molecule has 0 amide bonds. The summed E-state index contributed by atoms with van der Waals surface area (Å²) in [4.78, 5) is 0. The van der Waals surface area contributed by atoms with Crippen molar-refractivity contribution in [1.29, 1.82) is 0 Å². The van der Waals surface area contributed by atoms with Gasteiger partial charge in [-0.3, -0.25) is 5.01 Å². The van der Waals surface area contributed by atoms with Crippen LogP contribution in [0.25, 0.3) is 0 Å². The van der Waals surface area contributed by atoms with Gasteiger partial charge in [0.15, 0.2) is 0 Å². The van der Waals surface area contributed by atoms with Gasteiger partial charge in [0.2, 0.25) is 0 Å². The second-order valence-electron chi connectivity index (χ2n) is 2.93. The highest BCUT2D eigenvalue weighted by molar-refractivity contribution is 5.23. The van der Waals surface area contributed by atoms with E-state index in [9.17, 15) is 0 Å². The summed E-state index contributed by atoms with van der Waals surface area (Å²) < 4.78 is 0. The zero-order valence-electron chi connectivity index (χ0n) is 6.74. The van der Waals surface area contributed by atoms with Gasteiger partial charge >= 0.3 is 0 Å². The second kappa shape index (κ2) is 3.53. The average Bonchev–Trinajstić information content (AvgIpc) is 1.95. The Morgan fingerprint density at radius 2 is 2.27 bits per heavy atom. The topological polar surface area (TPSA) is 41.6 Å². The zero-order chi connectivity index (χ0) is 8.27. The van der Waals surface area contributed by atoms with Gasteiger partial charge in [-0.1, -0.05) is 6.58 Å². The molecule has 1 aliphatic carbocycles. The van der Waals surface area contributed by atoms with Crippen molar-refractivity contribution in [2.75, 3.05) is 6.54 Å². The molecule has 2 N–H and O–H groups in total. The van der Waals surface area contributed by atoms with Crippen molar-refractivity contribution in [2.24, 2.45) is 16.8 Å². The summed E-state index contributed by atoms with van der Waals surface area (Å²) in [5.41, 5.74) is 5.49. The molecular weight excluding hydrogens is 138 g/mol. The third kappa shape index (κ3) is 1.60. The van der Waals surface area contributed by atoms with Crippen LogP contribution in [-0.4, -0.2) is 24.3 Å². The quantitative estimate of drug-likeness (QED) is 0.479. The van der Waals surface area contributed by atoms with Crippen LogP contribution >= 0.6 is 0 Å². The van der Waals surface area contributed by atoms with E-state index in [1.54, 1.807) is 6.20 Å². The average molecular weight is 153 g/mol. The molecule has 3 heteroatoms. The van der Waals surface area contributed by atoms with Crippen molar-refractivity contribution < 1.29 is 0 Å². The molecule has 0 heterocycles. The molecule has 0 aromatic rings. The van der Waals surface area contributed by atoms with Crippen molar-refractivity contribution in [3.05, 3.63) is 12.8 Å². The number of nitrogens with two attached hydrogens (primary N) is 1. The van der Waals surface area contributed by atoms with Crippen LogP contribution in [0.15, 0.2) is 17.9 Å². The molecule has 11 heavy (non-hydrogen) atoms. The van der Waals surface area contributed by atoms with Crippen molar-refractivity contribution in [3.63, 3.8) is 0 Å². The lowest BCUT2D eigenvalue weighted by Crippen LogP contribution is -2.41. The molecule has 1 saturated carbocycles. The highest BCUT2D eigenvalue weighted by atomic mass is 15.5. The highest BCUT2D eigenvalue weighted by Gasteiger charge is 2.30. The second-order valence-corrected chi connectivity index (χ2v) is 2.93. The smallest absolute Gasteiger partial charge is 0.0525 e. The molecule has 0 unspecified atom stereocenters. The highest BCUT2D eigenvalue weighted by Crippen LogP contribution is 2.30. The largest absolute Gasteiger partial charge is 0.330 e. The monoisotopic (exact) mass is 153 g/mol. The van der Waals surface area contributed by atoms with E-state index < -0.39 is 0 Å². The minimum absolute atomic E-state index is 0.499. The molecule has 1 fully saturated rings. The Labute approximate surface area is 67.6 Å². The molecule has 3 nitrogen and oxygen atoms in total. The predicted molar refractivity (Wildman–Crippen MR) is 47.2 cm³/mol. The standard InChI is InChI=1S/C8H15N3/c1-3-11(10-2)8-4-7(5-8)6-9/h3,7-8H,1-2,4-6,9H2. The molecule has 0 bridgehead atoms. The summed E-state index contributed by atoms with van der Waals surface area (Å²) in [6.45, 7) is 7.90. The van der Waals surface area contributed by atoms with E-state index in [2.05, 4.69) is 18.4 Å². The maximum atomic E-state index is 5.49. The summed E-state index contributed by atoms with van der Waals surface area (Å²) in [6, 6.07) is 0.499. The number of hydrogen-bond donors (Lipinski definition) is 1. The van der Waals surface area contributed by atoms with Gasteiger partial charge in [-0.15, -0.1) is 0 Å². The Bertz CT molecular complexity index is 141. The third-order valence-electron chi connectivity index (χ3n) is 2.27. The van der Waals surface area contributed by atoms with Crippen LogP contribution in [0.3, 0.4) is 0 Å². The molecule has 0 spiro atoms. The molecule has 0 radical (unpaired) electrons. The molecule has 1 aliphatic rings. The minimum atomic E-state index is 0.499. The van der Waals surface area contributed by atoms with Crippen molar-refractivity contribution in [1.82, 2.24) is 5.01 Å². The van der Waals surface area contributed by atoms with Gasteiger partial charge in [-0.25, -0.2) is 0 Å². The van der Waals surface area contributed by atoms with E-state index in [1.807, 2.05) is 5.01 Å². The van der Waals surface area contributed by atoms with Crippen molar-refractivity contribution in [3.8, 4) is 0 Å². The van der Waals surface area contributed by atoms with Crippen LogP contribution in [0, 0.1) is 5.92 Å². The summed E-state index contributed by atoms with van der Waals surface area (Å²) in [5.74, 6) is 0.684. The van der Waals surface area contributed by atoms with E-state index >= 15 is 0 Å². The molecule has 62 valence electrons. The van der Waals surface area contributed by atoms with Gasteiger partial charge in [-0.05, 0) is 25.3 Å². The van der Waals surface area contributed by atoms with Gasteiger partial charge in [-0.2, -0.15) is 5.10 Å². The van der Waals surface area contributed by atoms with Crippen LogP contribution in [0.1, 0.15) is 12.8 Å². The van der Waals surface area contributed by atoms with E-state index in [1.165, 1.54) is 0 Å². The summed E-state index contributed by atoms with van der Waals surface area (Å²) >= 11 is 0. The molecule has 1 rings (SSSR count).